The first-order chi connectivity index (χ1) is 18.7. The molecule has 1 aromatic rings. The zero-order chi connectivity index (χ0) is 28.8. The molecule has 0 aromatic carbocycles. The van der Waals surface area contributed by atoms with E-state index in [1.54, 1.807) is 0 Å². The monoisotopic (exact) mass is 595 g/mol. The summed E-state index contributed by atoms with van der Waals surface area (Å²) in [4.78, 5) is 5.02. The van der Waals surface area contributed by atoms with Crippen LogP contribution in [0.5, 0.6) is 0 Å². The number of nitrogens with zero attached hydrogens (tertiary/aromatic N) is 1. The molecular weight excluding hydrogens is 544 g/mol. The fourth-order valence-electron chi connectivity index (χ4n) is 4.48. The van der Waals surface area contributed by atoms with Crippen LogP contribution in [0.3, 0.4) is 0 Å². The summed E-state index contributed by atoms with van der Waals surface area (Å²) in [5, 5.41) is -1.02. The molecule has 0 saturated heterocycles. The lowest BCUT2D eigenvalue weighted by Crippen LogP contribution is -2.24. The van der Waals surface area contributed by atoms with Gasteiger partial charge in [-0.05, 0) is 99.2 Å². The molecule has 4 aliphatic rings. The SMILES string of the molecule is CC(C)(C)c1cc(CC(P(=O)(OCC2CC2)OCC2CC2)P(=O)(OCC2CC2)OCC2CC2)cc(C(C)(C)C)n1. The molecule has 4 saturated carbocycles. The first-order valence-corrected chi connectivity index (χ1v) is 18.8. The van der Waals surface area contributed by atoms with Crippen molar-refractivity contribution in [2.45, 2.75) is 116 Å². The predicted octanol–water partition coefficient (Wildman–Crippen LogP) is 8.64. The maximum absolute atomic E-state index is 14.9. The summed E-state index contributed by atoms with van der Waals surface area (Å²) in [5.41, 5.74) is 2.46. The maximum atomic E-state index is 14.9. The molecular formula is C31H51NO6P2. The minimum Gasteiger partial charge on any atom is -0.308 e. The van der Waals surface area contributed by atoms with Crippen LogP contribution in [0.2, 0.25) is 0 Å². The summed E-state index contributed by atoms with van der Waals surface area (Å²) >= 11 is 0. The molecule has 0 spiro atoms. The van der Waals surface area contributed by atoms with Crippen LogP contribution < -0.4 is 0 Å². The van der Waals surface area contributed by atoms with Crippen molar-refractivity contribution in [1.29, 1.82) is 0 Å². The van der Waals surface area contributed by atoms with Gasteiger partial charge in [-0.25, -0.2) is 0 Å². The predicted molar refractivity (Wildman–Crippen MR) is 159 cm³/mol. The van der Waals surface area contributed by atoms with Crippen LogP contribution in [0, 0.1) is 23.7 Å². The molecule has 9 heteroatoms. The summed E-state index contributed by atoms with van der Waals surface area (Å²) in [6, 6.07) is 4.14. The van der Waals surface area contributed by atoms with Crippen LogP contribution >= 0.6 is 15.2 Å². The average molecular weight is 596 g/mol. The van der Waals surface area contributed by atoms with Gasteiger partial charge in [0.25, 0.3) is 0 Å². The first-order valence-electron chi connectivity index (χ1n) is 15.5. The van der Waals surface area contributed by atoms with Crippen molar-refractivity contribution in [3.05, 3.63) is 29.1 Å². The number of pyridine rings is 1. The van der Waals surface area contributed by atoms with Crippen LogP contribution in [0.4, 0.5) is 0 Å². The Balaban J connectivity index is 1.53. The molecule has 7 nitrogen and oxygen atoms in total. The molecule has 1 heterocycles. The number of rotatable bonds is 16. The van der Waals surface area contributed by atoms with Gasteiger partial charge in [0, 0.05) is 22.2 Å². The standard InChI is InChI=1S/C31H51NO6P2/c1-30(2,3)27-15-26(16-28(32-27)31(4,5)6)17-29(39(33,35-18-22-7-8-22)36-19-23-9-10-23)40(34,37-20-24-11-12-24)38-21-25-13-14-25/h15-16,22-25,29H,7-14,17-21H2,1-6H3. The minimum absolute atomic E-state index is 0.186. The highest BCUT2D eigenvalue weighted by atomic mass is 31.2. The Kier molecular flexibility index (Phi) is 9.15. The second-order valence-corrected chi connectivity index (χ2v) is 19.8. The molecule has 4 aliphatic carbocycles. The average Bonchev–Trinajstić information content (AvgIpc) is 3.69. The second-order valence-electron chi connectivity index (χ2n) is 15.0. The fraction of sp³-hybridized carbons (Fsp3) is 0.839. The van der Waals surface area contributed by atoms with Crippen LogP contribution in [-0.4, -0.2) is 36.8 Å². The van der Waals surface area contributed by atoms with Gasteiger partial charge in [-0.2, -0.15) is 0 Å². The third-order valence-corrected chi connectivity index (χ3v) is 13.9. The van der Waals surface area contributed by atoms with Crippen LogP contribution in [0.25, 0.3) is 0 Å². The summed E-state index contributed by atoms with van der Waals surface area (Å²) < 4.78 is 54.8. The Morgan fingerprint density at radius 2 is 0.950 bits per heavy atom. The highest BCUT2D eigenvalue weighted by Gasteiger charge is 2.53. The third kappa shape index (κ3) is 8.74. The van der Waals surface area contributed by atoms with E-state index in [4.69, 9.17) is 23.1 Å². The summed E-state index contributed by atoms with van der Waals surface area (Å²) in [5.74, 6) is 1.55. The highest BCUT2D eigenvalue weighted by Crippen LogP contribution is 2.72. The fourth-order valence-corrected chi connectivity index (χ4v) is 10.0. The Bertz CT molecular complexity index is 1000. The largest absolute Gasteiger partial charge is 0.346 e. The van der Waals surface area contributed by atoms with E-state index >= 15 is 0 Å². The van der Waals surface area contributed by atoms with Crippen molar-refractivity contribution in [3.8, 4) is 0 Å². The van der Waals surface area contributed by atoms with Crippen molar-refractivity contribution >= 4 is 15.2 Å². The van der Waals surface area contributed by atoms with Gasteiger partial charge in [0.1, 0.15) is 0 Å². The second kappa shape index (κ2) is 11.9. The molecule has 1 aromatic heterocycles. The van der Waals surface area contributed by atoms with Crippen molar-refractivity contribution in [2.24, 2.45) is 23.7 Å². The smallest absolute Gasteiger partial charge is 0.308 e. The van der Waals surface area contributed by atoms with Gasteiger partial charge in [0.15, 0.2) is 5.40 Å². The van der Waals surface area contributed by atoms with E-state index < -0.39 is 20.6 Å². The molecule has 226 valence electrons. The van der Waals surface area contributed by atoms with E-state index in [1.807, 2.05) is 0 Å². The van der Waals surface area contributed by atoms with Crippen molar-refractivity contribution in [1.82, 2.24) is 4.98 Å². The summed E-state index contributed by atoms with van der Waals surface area (Å²) in [7, 11) is -7.74. The highest BCUT2D eigenvalue weighted by molar-refractivity contribution is 7.72. The van der Waals surface area contributed by atoms with Gasteiger partial charge in [-0.3, -0.25) is 14.1 Å². The van der Waals surface area contributed by atoms with E-state index in [0.717, 1.165) is 68.3 Å². The molecule has 0 unspecified atom stereocenters. The topological polar surface area (TPSA) is 84.0 Å². The summed E-state index contributed by atoms with van der Waals surface area (Å²) in [6.45, 7) is 14.3. The number of hydrogen-bond acceptors (Lipinski definition) is 7. The Labute approximate surface area is 241 Å². The third-order valence-electron chi connectivity index (χ3n) is 8.32. The lowest BCUT2D eigenvalue weighted by Gasteiger charge is -2.33. The number of aromatic nitrogens is 1. The first kappa shape index (κ1) is 30.9. The van der Waals surface area contributed by atoms with Crippen LogP contribution in [0.15, 0.2) is 12.1 Å². The molecule has 4 fully saturated rings. The van der Waals surface area contributed by atoms with Gasteiger partial charge in [-0.1, -0.05) is 41.5 Å². The molecule has 0 aliphatic heterocycles. The van der Waals surface area contributed by atoms with E-state index in [-0.39, 0.29) is 17.3 Å². The van der Waals surface area contributed by atoms with Gasteiger partial charge in [-0.15, -0.1) is 0 Å². The van der Waals surface area contributed by atoms with Crippen molar-refractivity contribution in [3.63, 3.8) is 0 Å². The molecule has 0 radical (unpaired) electrons. The van der Waals surface area contributed by atoms with Crippen LogP contribution in [0.1, 0.15) is 110 Å². The van der Waals surface area contributed by atoms with Gasteiger partial charge in [0.05, 0.1) is 26.4 Å². The molecule has 0 N–H and O–H groups in total. The normalized spacial score (nSPS) is 20.9. The maximum Gasteiger partial charge on any atom is 0.346 e. The Morgan fingerprint density at radius 3 is 1.20 bits per heavy atom. The van der Waals surface area contributed by atoms with E-state index in [1.165, 1.54) is 0 Å². The quantitative estimate of drug-likeness (QED) is 0.177. The van der Waals surface area contributed by atoms with Crippen LogP contribution in [-0.2, 0) is 44.5 Å². The summed E-state index contributed by atoms with van der Waals surface area (Å²) in [6.07, 6.45) is 8.75. The van der Waals surface area contributed by atoms with E-state index in [2.05, 4.69) is 53.7 Å². The Morgan fingerprint density at radius 1 is 0.650 bits per heavy atom. The minimum atomic E-state index is -3.87. The molecule has 40 heavy (non-hydrogen) atoms. The molecule has 0 amide bonds. The Hall–Kier alpha value is -0.550. The van der Waals surface area contributed by atoms with Gasteiger partial charge < -0.3 is 18.1 Å². The number of hydrogen-bond donors (Lipinski definition) is 0. The van der Waals surface area contributed by atoms with E-state index in [9.17, 15) is 9.13 Å². The molecule has 5 rings (SSSR count). The zero-order valence-electron chi connectivity index (χ0n) is 25.5. The lowest BCUT2D eigenvalue weighted by atomic mass is 9.86. The van der Waals surface area contributed by atoms with Gasteiger partial charge >= 0.3 is 15.2 Å². The zero-order valence-corrected chi connectivity index (χ0v) is 27.3. The molecule has 0 bridgehead atoms. The van der Waals surface area contributed by atoms with Crippen molar-refractivity contribution < 1.29 is 27.2 Å². The van der Waals surface area contributed by atoms with E-state index in [0.29, 0.717) is 50.1 Å². The lowest BCUT2D eigenvalue weighted by molar-refractivity contribution is 0.169. The van der Waals surface area contributed by atoms with Gasteiger partial charge in [0.2, 0.25) is 0 Å². The molecule has 0 atom stereocenters. The van der Waals surface area contributed by atoms with Crippen molar-refractivity contribution in [2.75, 3.05) is 26.4 Å².